The Kier molecular flexibility index (Phi) is 9.39. The Morgan fingerprint density at radius 3 is 1.45 bits per heavy atom. The van der Waals surface area contributed by atoms with E-state index in [1.54, 1.807) is 10.0 Å². The normalized spacial score (nSPS) is 14.8. The molecule has 0 unspecified atom stereocenters. The maximum atomic E-state index is 13.6. The number of hydrogen-bond donors (Lipinski definition) is 0. The van der Waals surface area contributed by atoms with Crippen LogP contribution in [0.5, 0.6) is 11.5 Å². The van der Waals surface area contributed by atoms with Crippen LogP contribution < -0.4 is 9.47 Å². The van der Waals surface area contributed by atoms with Gasteiger partial charge in [-0.2, -0.15) is 0 Å². The van der Waals surface area contributed by atoms with Crippen LogP contribution in [0.25, 0.3) is 0 Å². The van der Waals surface area contributed by atoms with Crippen molar-refractivity contribution in [3.05, 3.63) is 93.7 Å². The fourth-order valence-electron chi connectivity index (χ4n) is 4.53. The molecule has 1 fully saturated rings. The highest BCUT2D eigenvalue weighted by atomic mass is 32.2. The lowest BCUT2D eigenvalue weighted by atomic mass is 10.2. The van der Waals surface area contributed by atoms with Crippen molar-refractivity contribution < 1.29 is 19.1 Å². The van der Waals surface area contributed by atoms with Gasteiger partial charge in [-0.3, -0.25) is 9.59 Å². The molecule has 0 spiro atoms. The lowest BCUT2D eigenvalue weighted by Gasteiger charge is -2.27. The Morgan fingerprint density at radius 2 is 1.05 bits per heavy atom. The van der Waals surface area contributed by atoms with E-state index in [1.807, 2.05) is 72.8 Å². The van der Waals surface area contributed by atoms with E-state index >= 15 is 0 Å². The highest BCUT2D eigenvalue weighted by molar-refractivity contribution is 8.25. The molecule has 40 heavy (non-hydrogen) atoms. The third-order valence-corrected chi connectivity index (χ3v) is 9.37. The van der Waals surface area contributed by atoms with Crippen LogP contribution in [0.1, 0.15) is 50.7 Å². The molecule has 0 N–H and O–H groups in total. The third kappa shape index (κ3) is 6.18. The molecule has 0 aliphatic carbocycles. The molecule has 2 heterocycles. The van der Waals surface area contributed by atoms with Gasteiger partial charge in [-0.05, 0) is 36.1 Å². The van der Waals surface area contributed by atoms with Crippen molar-refractivity contribution in [1.82, 2.24) is 10.0 Å². The standard InChI is InChI=1S/C32H34N2O4S2/c1-3-5-19-33-30(35)27(31(36)34(33)20-6-4-2)32-39-28-25(37-21-23-13-9-7-10-14-23)17-18-26(29(28)40-32)38-22-24-15-11-8-12-16-24/h7-18H,3-6,19-22H2,1-2H3. The van der Waals surface area contributed by atoms with E-state index in [4.69, 9.17) is 9.47 Å². The van der Waals surface area contributed by atoms with Crippen LogP contribution in [-0.4, -0.2) is 34.9 Å². The van der Waals surface area contributed by atoms with E-state index in [0.717, 1.165) is 46.6 Å². The zero-order valence-corrected chi connectivity index (χ0v) is 24.6. The zero-order chi connectivity index (χ0) is 27.9. The van der Waals surface area contributed by atoms with Crippen molar-refractivity contribution in [3.8, 4) is 11.5 Å². The minimum Gasteiger partial charge on any atom is -0.488 e. The first-order chi connectivity index (χ1) is 19.6. The van der Waals surface area contributed by atoms with Crippen molar-refractivity contribution in [2.75, 3.05) is 13.1 Å². The molecule has 2 aliphatic rings. The van der Waals surface area contributed by atoms with Crippen LogP contribution in [0.2, 0.25) is 0 Å². The molecule has 0 bridgehead atoms. The zero-order valence-electron chi connectivity index (χ0n) is 22.9. The van der Waals surface area contributed by atoms with Crippen molar-refractivity contribution in [2.45, 2.75) is 62.5 Å². The summed E-state index contributed by atoms with van der Waals surface area (Å²) in [5, 5.41) is 3.29. The smallest absolute Gasteiger partial charge is 0.279 e. The van der Waals surface area contributed by atoms with E-state index < -0.39 is 0 Å². The van der Waals surface area contributed by atoms with Gasteiger partial charge in [-0.15, -0.1) is 0 Å². The minimum absolute atomic E-state index is 0.212. The third-order valence-electron chi connectivity index (χ3n) is 6.74. The molecule has 3 aromatic carbocycles. The maximum absolute atomic E-state index is 13.6. The highest BCUT2D eigenvalue weighted by Crippen LogP contribution is 2.59. The average molecular weight is 575 g/mol. The largest absolute Gasteiger partial charge is 0.488 e. The molecule has 8 heteroatoms. The Balaban J connectivity index is 1.46. The summed E-state index contributed by atoms with van der Waals surface area (Å²) in [5.41, 5.74) is 2.38. The Bertz CT molecular complexity index is 1280. The van der Waals surface area contributed by atoms with E-state index in [9.17, 15) is 9.59 Å². The fourth-order valence-corrected chi connectivity index (χ4v) is 7.21. The molecular formula is C32H34N2O4S2. The van der Waals surface area contributed by atoms with Crippen LogP contribution in [0, 0.1) is 0 Å². The fraction of sp³-hybridized carbons (Fsp3) is 0.312. The summed E-state index contributed by atoms with van der Waals surface area (Å²) in [6.45, 7) is 6.10. The number of fused-ring (bicyclic) bond motifs is 1. The number of thioether (sulfide) groups is 2. The maximum Gasteiger partial charge on any atom is 0.279 e. The van der Waals surface area contributed by atoms with Gasteiger partial charge in [0.15, 0.2) is 0 Å². The number of ether oxygens (including phenoxy) is 2. The number of rotatable bonds is 12. The molecule has 3 aromatic rings. The number of hydrazine groups is 1. The molecular weight excluding hydrogens is 540 g/mol. The lowest BCUT2D eigenvalue weighted by Crippen LogP contribution is -2.42. The minimum atomic E-state index is -0.212. The summed E-state index contributed by atoms with van der Waals surface area (Å²) in [5.74, 6) is 0.997. The van der Waals surface area contributed by atoms with Gasteiger partial charge in [0.2, 0.25) is 0 Å². The van der Waals surface area contributed by atoms with Crippen LogP contribution in [0.3, 0.4) is 0 Å². The first-order valence-corrected chi connectivity index (χ1v) is 15.5. The predicted molar refractivity (Wildman–Crippen MR) is 160 cm³/mol. The van der Waals surface area contributed by atoms with Crippen LogP contribution in [0.15, 0.2) is 92.4 Å². The summed E-state index contributed by atoms with van der Waals surface area (Å²) in [4.78, 5) is 29.0. The predicted octanol–water partition coefficient (Wildman–Crippen LogP) is 7.44. The van der Waals surface area contributed by atoms with Crippen molar-refractivity contribution in [3.63, 3.8) is 0 Å². The molecule has 0 radical (unpaired) electrons. The Morgan fingerprint density at radius 1 is 0.625 bits per heavy atom. The second-order valence-electron chi connectivity index (χ2n) is 9.70. The van der Waals surface area contributed by atoms with Gasteiger partial charge in [0.05, 0.1) is 14.0 Å². The molecule has 5 rings (SSSR count). The Labute approximate surface area is 244 Å². The number of nitrogens with zero attached hydrogens (tertiary/aromatic N) is 2. The number of hydrogen-bond acceptors (Lipinski definition) is 6. The van der Waals surface area contributed by atoms with E-state index in [0.29, 0.717) is 42.0 Å². The topological polar surface area (TPSA) is 59.1 Å². The molecule has 0 saturated carbocycles. The number of unbranched alkanes of at least 4 members (excludes halogenated alkanes) is 2. The Hall–Kier alpha value is -3.36. The van der Waals surface area contributed by atoms with Gasteiger partial charge >= 0.3 is 0 Å². The second kappa shape index (κ2) is 13.3. The molecule has 208 valence electrons. The first-order valence-electron chi connectivity index (χ1n) is 13.8. The highest BCUT2D eigenvalue weighted by Gasteiger charge is 2.44. The molecule has 2 aliphatic heterocycles. The lowest BCUT2D eigenvalue weighted by molar-refractivity contribution is -0.147. The number of benzene rings is 3. The van der Waals surface area contributed by atoms with Crippen molar-refractivity contribution in [2.24, 2.45) is 0 Å². The van der Waals surface area contributed by atoms with Gasteiger partial charge in [-0.25, -0.2) is 10.0 Å². The van der Waals surface area contributed by atoms with Crippen LogP contribution in [-0.2, 0) is 22.8 Å². The van der Waals surface area contributed by atoms with Gasteiger partial charge in [0.25, 0.3) is 11.8 Å². The van der Waals surface area contributed by atoms with E-state index in [2.05, 4.69) is 13.8 Å². The van der Waals surface area contributed by atoms with Crippen molar-refractivity contribution in [1.29, 1.82) is 0 Å². The number of amides is 2. The molecule has 6 nitrogen and oxygen atoms in total. The molecule has 2 amide bonds. The van der Waals surface area contributed by atoms with Gasteiger partial charge in [0, 0.05) is 13.1 Å². The monoisotopic (exact) mass is 574 g/mol. The van der Waals surface area contributed by atoms with Crippen LogP contribution >= 0.6 is 23.5 Å². The quantitative estimate of drug-likeness (QED) is 0.166. The summed E-state index contributed by atoms with van der Waals surface area (Å²) in [7, 11) is 0. The average Bonchev–Trinajstić information content (AvgIpc) is 3.52. The van der Waals surface area contributed by atoms with Crippen molar-refractivity contribution >= 4 is 35.3 Å². The first kappa shape index (κ1) is 28.2. The molecule has 0 aromatic heterocycles. The van der Waals surface area contributed by atoms with Gasteiger partial charge < -0.3 is 9.47 Å². The summed E-state index contributed by atoms with van der Waals surface area (Å²) >= 11 is 2.87. The molecule has 1 saturated heterocycles. The molecule has 0 atom stereocenters. The summed E-state index contributed by atoms with van der Waals surface area (Å²) in [6, 6.07) is 23.9. The number of carbonyl (C=O) groups excluding carboxylic acids is 2. The summed E-state index contributed by atoms with van der Waals surface area (Å²) < 4.78 is 13.2. The second-order valence-corrected chi connectivity index (χ2v) is 12.0. The van der Waals surface area contributed by atoms with Gasteiger partial charge in [-0.1, -0.05) is 111 Å². The SMILES string of the molecule is CCCCN1C(=O)C(=C2Sc3c(OCc4ccccc4)ccc(OCc4ccccc4)c3S2)C(=O)N1CCCC. The van der Waals surface area contributed by atoms with E-state index in [1.165, 1.54) is 23.5 Å². The number of carbonyl (C=O) groups is 2. The summed E-state index contributed by atoms with van der Waals surface area (Å²) in [6.07, 6.45) is 3.59. The van der Waals surface area contributed by atoms with Gasteiger partial charge in [0.1, 0.15) is 30.3 Å². The van der Waals surface area contributed by atoms with E-state index in [-0.39, 0.29) is 17.4 Å². The van der Waals surface area contributed by atoms with Crippen LogP contribution in [0.4, 0.5) is 0 Å².